The molecule has 3 aromatic rings. The maximum Gasteiger partial charge on any atom is 0.245 e. The van der Waals surface area contributed by atoms with Gasteiger partial charge in [-0.2, -0.15) is 5.26 Å². The lowest BCUT2D eigenvalue weighted by Gasteiger charge is -2.47. The molecule has 1 amide bonds. The van der Waals surface area contributed by atoms with E-state index in [4.69, 9.17) is 4.98 Å². The van der Waals surface area contributed by atoms with Crippen molar-refractivity contribution in [2.45, 2.75) is 38.5 Å². The molecule has 188 valence electrons. The van der Waals surface area contributed by atoms with Gasteiger partial charge >= 0.3 is 0 Å². The van der Waals surface area contributed by atoms with Crippen LogP contribution in [-0.4, -0.2) is 51.9 Å². The van der Waals surface area contributed by atoms with Gasteiger partial charge in [0.15, 0.2) is 0 Å². The minimum atomic E-state index is -0.436. The van der Waals surface area contributed by atoms with Gasteiger partial charge in [-0.3, -0.25) is 9.78 Å². The van der Waals surface area contributed by atoms with Crippen molar-refractivity contribution in [3.63, 3.8) is 0 Å². The normalized spacial score (nSPS) is 19.9. The third-order valence-corrected chi connectivity index (χ3v) is 9.18. The number of amides is 1. The van der Waals surface area contributed by atoms with Gasteiger partial charge < -0.3 is 9.80 Å². The number of thiazole rings is 1. The second-order valence-electron chi connectivity index (χ2n) is 10.4. The monoisotopic (exact) mass is 514 g/mol. The molecule has 2 aliphatic heterocycles. The predicted octanol–water partition coefficient (Wildman–Crippen LogP) is 4.42. The van der Waals surface area contributed by atoms with Gasteiger partial charge in [0.25, 0.3) is 0 Å². The zero-order valence-electron chi connectivity index (χ0n) is 20.7. The number of aryl methyl sites for hydroxylation is 1. The number of likely N-dealkylation sites (tertiary alicyclic amines) is 1. The van der Waals surface area contributed by atoms with Crippen LogP contribution >= 0.6 is 11.3 Å². The SMILES string of the molecule is C=CC(=O)N1CC2(CCN(c3nc4c(c(-c5ncccc5F)c3C#N)CC[C@H](c3scnc3C)C4)C2)C1. The summed E-state index contributed by atoms with van der Waals surface area (Å²) < 4.78 is 15.1. The van der Waals surface area contributed by atoms with Gasteiger partial charge in [0.05, 0.1) is 11.2 Å². The Morgan fingerprint density at radius 2 is 2.19 bits per heavy atom. The molecule has 0 saturated carbocycles. The van der Waals surface area contributed by atoms with Crippen LogP contribution in [-0.2, 0) is 17.6 Å². The van der Waals surface area contributed by atoms with Crippen molar-refractivity contribution in [2.75, 3.05) is 31.1 Å². The molecule has 1 spiro atoms. The smallest absolute Gasteiger partial charge is 0.245 e. The number of nitrogens with zero attached hydrogens (tertiary/aromatic N) is 6. The number of rotatable bonds is 4. The molecule has 0 aromatic carbocycles. The van der Waals surface area contributed by atoms with E-state index in [1.807, 2.05) is 12.4 Å². The van der Waals surface area contributed by atoms with Crippen molar-refractivity contribution in [1.82, 2.24) is 19.9 Å². The first-order valence-electron chi connectivity index (χ1n) is 12.6. The number of carbonyl (C=O) groups excluding carboxylic acids is 1. The van der Waals surface area contributed by atoms with E-state index in [0.717, 1.165) is 42.8 Å². The summed E-state index contributed by atoms with van der Waals surface area (Å²) in [5.41, 5.74) is 5.95. The summed E-state index contributed by atoms with van der Waals surface area (Å²) in [5.74, 6) is 0.415. The van der Waals surface area contributed by atoms with Gasteiger partial charge in [0, 0.05) is 59.8 Å². The highest BCUT2D eigenvalue weighted by atomic mass is 32.1. The van der Waals surface area contributed by atoms with Gasteiger partial charge in [-0.15, -0.1) is 11.3 Å². The van der Waals surface area contributed by atoms with E-state index < -0.39 is 5.82 Å². The highest BCUT2D eigenvalue weighted by Crippen LogP contribution is 2.46. The number of aromatic nitrogens is 3. The molecule has 1 aliphatic carbocycles. The average Bonchev–Trinajstić information content (AvgIpc) is 3.53. The average molecular weight is 515 g/mol. The molecular weight excluding hydrogens is 487 g/mol. The zero-order chi connectivity index (χ0) is 25.7. The van der Waals surface area contributed by atoms with Crippen LogP contribution in [0.1, 0.15) is 46.2 Å². The molecule has 2 saturated heterocycles. The van der Waals surface area contributed by atoms with E-state index >= 15 is 4.39 Å². The number of hydrogen-bond donors (Lipinski definition) is 0. The number of fused-ring (bicyclic) bond motifs is 1. The highest BCUT2D eigenvalue weighted by Gasteiger charge is 2.49. The molecule has 0 unspecified atom stereocenters. The molecule has 0 radical (unpaired) electrons. The second kappa shape index (κ2) is 9.03. The molecule has 7 nitrogen and oxygen atoms in total. The lowest BCUT2D eigenvalue weighted by molar-refractivity contribution is -0.136. The molecule has 1 atom stereocenters. The van der Waals surface area contributed by atoms with Gasteiger partial charge in [0.1, 0.15) is 29.0 Å². The van der Waals surface area contributed by atoms with E-state index in [2.05, 4.69) is 27.5 Å². The lowest BCUT2D eigenvalue weighted by atomic mass is 9.79. The minimum absolute atomic E-state index is 0.0122. The zero-order valence-corrected chi connectivity index (χ0v) is 21.5. The Hall–Kier alpha value is -3.64. The molecule has 0 bridgehead atoms. The molecular formula is C28H27FN6OS. The molecule has 0 N–H and O–H groups in total. The van der Waals surface area contributed by atoms with E-state index in [0.29, 0.717) is 48.9 Å². The summed E-state index contributed by atoms with van der Waals surface area (Å²) in [5, 5.41) is 10.4. The number of halogens is 1. The standard InChI is InChI=1S/C28H27FN6OS/c1-3-23(36)35-14-28(15-35)8-10-34(13-28)27-20(12-30)24(25-21(29)5-4-9-31-25)19-7-6-18(11-22(19)33-27)26-17(2)32-16-37-26/h3-5,9,16,18H,1,6-8,10-11,13-15H2,2H3/t18-/m0/s1. The fraction of sp³-hybridized carbons (Fsp3) is 0.393. The van der Waals surface area contributed by atoms with Gasteiger partial charge in [0.2, 0.25) is 5.91 Å². The summed E-state index contributed by atoms with van der Waals surface area (Å²) in [7, 11) is 0. The molecule has 6 rings (SSSR count). The van der Waals surface area contributed by atoms with Crippen LogP contribution in [0, 0.1) is 29.5 Å². The third kappa shape index (κ3) is 3.91. The maximum absolute atomic E-state index is 15.1. The fourth-order valence-electron chi connectivity index (χ4n) is 6.26. The summed E-state index contributed by atoms with van der Waals surface area (Å²) in [4.78, 5) is 31.2. The van der Waals surface area contributed by atoms with E-state index in [9.17, 15) is 10.1 Å². The Balaban J connectivity index is 1.42. The largest absolute Gasteiger partial charge is 0.355 e. The van der Waals surface area contributed by atoms with Crippen LogP contribution in [0.15, 0.2) is 36.5 Å². The van der Waals surface area contributed by atoms with Crippen LogP contribution in [0.5, 0.6) is 0 Å². The molecule has 5 heterocycles. The summed E-state index contributed by atoms with van der Waals surface area (Å²) in [6.07, 6.45) is 6.15. The Morgan fingerprint density at radius 3 is 2.89 bits per heavy atom. The predicted molar refractivity (Wildman–Crippen MR) is 140 cm³/mol. The molecule has 37 heavy (non-hydrogen) atoms. The third-order valence-electron chi connectivity index (χ3n) is 8.08. The molecule has 2 fully saturated rings. The Labute approximate surface area is 219 Å². The van der Waals surface area contributed by atoms with Crippen molar-refractivity contribution in [1.29, 1.82) is 5.26 Å². The molecule has 9 heteroatoms. The van der Waals surface area contributed by atoms with Crippen LogP contribution in [0.3, 0.4) is 0 Å². The van der Waals surface area contributed by atoms with Gasteiger partial charge in [-0.1, -0.05) is 6.58 Å². The quantitative estimate of drug-likeness (QED) is 0.479. The van der Waals surface area contributed by atoms with Crippen LogP contribution in [0.2, 0.25) is 0 Å². The summed E-state index contributed by atoms with van der Waals surface area (Å²) >= 11 is 1.67. The van der Waals surface area contributed by atoms with Crippen molar-refractivity contribution in [3.8, 4) is 17.3 Å². The van der Waals surface area contributed by atoms with Crippen LogP contribution in [0.4, 0.5) is 10.2 Å². The number of pyridine rings is 2. The number of carbonyl (C=O) groups is 1. The molecule has 3 aromatic heterocycles. The lowest BCUT2D eigenvalue weighted by Crippen LogP contribution is -2.59. The number of anilines is 1. The highest BCUT2D eigenvalue weighted by molar-refractivity contribution is 7.09. The maximum atomic E-state index is 15.1. The number of hydrogen-bond acceptors (Lipinski definition) is 7. The van der Waals surface area contributed by atoms with E-state index in [-0.39, 0.29) is 17.0 Å². The van der Waals surface area contributed by atoms with Gasteiger partial charge in [-0.05, 0) is 56.4 Å². The summed E-state index contributed by atoms with van der Waals surface area (Å²) in [6.45, 7) is 8.42. The Morgan fingerprint density at radius 1 is 1.35 bits per heavy atom. The summed E-state index contributed by atoms with van der Waals surface area (Å²) in [6, 6.07) is 5.33. The minimum Gasteiger partial charge on any atom is -0.355 e. The first kappa shape index (κ1) is 23.7. The van der Waals surface area contributed by atoms with E-state index in [1.165, 1.54) is 17.0 Å². The number of nitriles is 1. The van der Waals surface area contributed by atoms with Crippen LogP contribution < -0.4 is 4.90 Å². The second-order valence-corrected chi connectivity index (χ2v) is 11.3. The Kier molecular flexibility index (Phi) is 5.80. The first-order valence-corrected chi connectivity index (χ1v) is 13.4. The Bertz CT molecular complexity index is 1450. The van der Waals surface area contributed by atoms with E-state index in [1.54, 1.807) is 28.5 Å². The van der Waals surface area contributed by atoms with Crippen molar-refractivity contribution >= 4 is 23.1 Å². The topological polar surface area (TPSA) is 86.0 Å². The molecule has 3 aliphatic rings. The first-order chi connectivity index (χ1) is 17.9. The van der Waals surface area contributed by atoms with Crippen molar-refractivity contribution in [2.24, 2.45) is 5.41 Å². The van der Waals surface area contributed by atoms with Gasteiger partial charge in [-0.25, -0.2) is 14.4 Å². The van der Waals surface area contributed by atoms with Crippen molar-refractivity contribution in [3.05, 3.63) is 69.7 Å². The van der Waals surface area contributed by atoms with Crippen molar-refractivity contribution < 1.29 is 9.18 Å². The fourth-order valence-corrected chi connectivity index (χ4v) is 7.21. The van der Waals surface area contributed by atoms with Crippen LogP contribution in [0.25, 0.3) is 11.3 Å².